The second-order valence-corrected chi connectivity index (χ2v) is 16.1. The Morgan fingerprint density at radius 1 is 0.854 bits per heavy atom. The van der Waals surface area contributed by atoms with Crippen LogP contribution in [0.1, 0.15) is 44.4 Å². The largest absolute Gasteiger partial charge is 0.468 e. The Hall–Kier alpha value is -2.81. The van der Waals surface area contributed by atoms with Crippen LogP contribution in [0.4, 0.5) is 0 Å². The zero-order chi connectivity index (χ0) is 29.3. The minimum Gasteiger partial charge on any atom is -0.468 e. The summed E-state index contributed by atoms with van der Waals surface area (Å²) in [6, 6.07) is 29.8. The lowest BCUT2D eigenvalue weighted by Crippen LogP contribution is -2.59. The number of nitrogens with zero attached hydrogens (tertiary/aromatic N) is 1. The standard InChI is InChI=1S/C34H43NO5Si/c1-7-41(8-2,9-3)40-30-23-35(31(32(36)38-6)33(30,4)39-24-37-5)34(25-17-11-10-12-18-25)28-21-15-13-19-26(28)27-20-14-16-22-29(27)34/h10-22,30-31H,7-9,23-24H2,1-6H3/t30-,31-,33-/m1/s1. The molecule has 0 bridgehead atoms. The highest BCUT2D eigenvalue weighted by Crippen LogP contribution is 2.57. The third-order valence-corrected chi connectivity index (χ3v) is 14.3. The van der Waals surface area contributed by atoms with Crippen LogP contribution in [0.25, 0.3) is 11.1 Å². The van der Waals surface area contributed by atoms with Gasteiger partial charge >= 0.3 is 5.97 Å². The van der Waals surface area contributed by atoms with Gasteiger partial charge in [-0.3, -0.25) is 9.69 Å². The number of benzene rings is 3. The van der Waals surface area contributed by atoms with Crippen molar-refractivity contribution < 1.29 is 23.4 Å². The van der Waals surface area contributed by atoms with Gasteiger partial charge in [0.1, 0.15) is 18.4 Å². The molecule has 1 aliphatic heterocycles. The SMILES string of the molecule is CC[Si](CC)(CC)O[C@@H]1CN(C2(c3ccccc3)c3ccccc3-c3ccccc32)[C@H](C(=O)OC)[C@]1(C)OCOC. The Morgan fingerprint density at radius 2 is 1.39 bits per heavy atom. The Balaban J connectivity index is 1.81. The van der Waals surface area contributed by atoms with Gasteiger partial charge in [0.05, 0.1) is 18.8 Å². The Kier molecular flexibility index (Phi) is 8.55. The van der Waals surface area contributed by atoms with Gasteiger partial charge in [-0.15, -0.1) is 0 Å². The van der Waals surface area contributed by atoms with E-state index in [1.54, 1.807) is 7.11 Å². The molecule has 0 saturated carbocycles. The van der Waals surface area contributed by atoms with Crippen LogP contribution < -0.4 is 0 Å². The fourth-order valence-corrected chi connectivity index (χ4v) is 10.2. The lowest BCUT2D eigenvalue weighted by atomic mass is 9.78. The number of likely N-dealkylation sites (tertiary alicyclic amines) is 1. The van der Waals surface area contributed by atoms with E-state index in [1.807, 2.05) is 13.0 Å². The molecule has 7 heteroatoms. The van der Waals surface area contributed by atoms with Gasteiger partial charge in [0.2, 0.25) is 0 Å². The summed E-state index contributed by atoms with van der Waals surface area (Å²) in [7, 11) is 0.966. The Labute approximate surface area is 245 Å². The molecule has 1 heterocycles. The third kappa shape index (κ3) is 4.59. The van der Waals surface area contributed by atoms with Crippen LogP contribution in [0.15, 0.2) is 78.9 Å². The van der Waals surface area contributed by atoms with E-state index < -0.39 is 25.5 Å². The molecule has 3 atom stereocenters. The number of methoxy groups -OCH3 is 2. The summed E-state index contributed by atoms with van der Waals surface area (Å²) in [4.78, 5) is 16.4. The normalized spacial score (nSPS) is 23.3. The summed E-state index contributed by atoms with van der Waals surface area (Å²) >= 11 is 0. The fourth-order valence-electron chi connectivity index (χ4n) is 7.25. The predicted octanol–water partition coefficient (Wildman–Crippen LogP) is 6.59. The first-order valence-electron chi connectivity index (χ1n) is 14.8. The molecule has 0 aromatic heterocycles. The molecule has 1 aliphatic carbocycles. The van der Waals surface area contributed by atoms with Crippen molar-refractivity contribution in [2.45, 2.75) is 69.1 Å². The van der Waals surface area contributed by atoms with E-state index in [0.29, 0.717) is 6.54 Å². The topological polar surface area (TPSA) is 57.2 Å². The summed E-state index contributed by atoms with van der Waals surface area (Å²) < 4.78 is 24.8. The smallest absolute Gasteiger partial charge is 0.326 e. The van der Waals surface area contributed by atoms with Crippen molar-refractivity contribution in [1.82, 2.24) is 4.90 Å². The van der Waals surface area contributed by atoms with E-state index in [1.165, 1.54) is 18.2 Å². The van der Waals surface area contributed by atoms with Crippen LogP contribution in [-0.2, 0) is 29.0 Å². The lowest BCUT2D eigenvalue weighted by molar-refractivity contribution is -0.182. The van der Waals surface area contributed by atoms with E-state index in [9.17, 15) is 4.79 Å². The molecule has 5 rings (SSSR count). The minimum absolute atomic E-state index is 0.0438. The van der Waals surface area contributed by atoms with Crippen LogP contribution in [0.2, 0.25) is 18.1 Å². The Morgan fingerprint density at radius 3 is 1.90 bits per heavy atom. The molecule has 3 aromatic rings. The van der Waals surface area contributed by atoms with Gasteiger partial charge in [0.25, 0.3) is 0 Å². The minimum atomic E-state index is -2.10. The summed E-state index contributed by atoms with van der Waals surface area (Å²) in [5, 5.41) is 0. The van der Waals surface area contributed by atoms with Crippen molar-refractivity contribution in [3.63, 3.8) is 0 Å². The maximum atomic E-state index is 14.0. The maximum Gasteiger partial charge on any atom is 0.326 e. The Bertz CT molecular complexity index is 1310. The molecule has 0 N–H and O–H groups in total. The summed E-state index contributed by atoms with van der Waals surface area (Å²) in [5.41, 5.74) is 3.92. The molecule has 6 nitrogen and oxygen atoms in total. The molecule has 0 amide bonds. The van der Waals surface area contributed by atoms with Crippen molar-refractivity contribution in [1.29, 1.82) is 0 Å². The number of hydrogen-bond acceptors (Lipinski definition) is 6. The van der Waals surface area contributed by atoms with E-state index in [-0.39, 0.29) is 18.9 Å². The van der Waals surface area contributed by atoms with Crippen LogP contribution in [0, 0.1) is 0 Å². The maximum absolute atomic E-state index is 14.0. The highest BCUT2D eigenvalue weighted by Gasteiger charge is 2.65. The van der Waals surface area contributed by atoms with Gasteiger partial charge in [-0.05, 0) is 52.9 Å². The first kappa shape index (κ1) is 29.7. The molecule has 0 unspecified atom stereocenters. The zero-order valence-corrected chi connectivity index (χ0v) is 26.2. The van der Waals surface area contributed by atoms with Gasteiger partial charge in [-0.1, -0.05) is 99.6 Å². The van der Waals surface area contributed by atoms with Crippen molar-refractivity contribution >= 4 is 14.3 Å². The number of esters is 1. The quantitative estimate of drug-likeness (QED) is 0.147. The van der Waals surface area contributed by atoms with E-state index in [0.717, 1.165) is 34.8 Å². The number of fused-ring (bicyclic) bond motifs is 3. The van der Waals surface area contributed by atoms with E-state index in [2.05, 4.69) is 98.5 Å². The van der Waals surface area contributed by atoms with Gasteiger partial charge in [0.15, 0.2) is 8.32 Å². The molecule has 2 aliphatic rings. The fraction of sp³-hybridized carbons (Fsp3) is 0.441. The van der Waals surface area contributed by atoms with Gasteiger partial charge in [0, 0.05) is 13.7 Å². The molecular formula is C34H43NO5Si. The number of carbonyl (C=O) groups excluding carboxylic acids is 1. The second kappa shape index (κ2) is 11.8. The first-order valence-corrected chi connectivity index (χ1v) is 17.3. The lowest BCUT2D eigenvalue weighted by Gasteiger charge is -2.45. The van der Waals surface area contributed by atoms with Crippen molar-refractivity contribution in [2.24, 2.45) is 0 Å². The highest BCUT2D eigenvalue weighted by molar-refractivity contribution is 6.73. The molecule has 1 fully saturated rings. The third-order valence-electron chi connectivity index (χ3n) is 9.64. The predicted molar refractivity (Wildman–Crippen MR) is 164 cm³/mol. The summed E-state index contributed by atoms with van der Waals surface area (Å²) in [6.45, 7) is 9.22. The van der Waals surface area contributed by atoms with Gasteiger partial charge in [-0.25, -0.2) is 0 Å². The van der Waals surface area contributed by atoms with Crippen LogP contribution in [0.3, 0.4) is 0 Å². The van der Waals surface area contributed by atoms with E-state index in [4.69, 9.17) is 18.6 Å². The van der Waals surface area contributed by atoms with E-state index >= 15 is 0 Å². The number of hydrogen-bond donors (Lipinski definition) is 0. The average Bonchev–Trinajstić information content (AvgIpc) is 3.48. The summed E-state index contributed by atoms with van der Waals surface area (Å²) in [6.07, 6.45) is -0.367. The molecule has 41 heavy (non-hydrogen) atoms. The average molecular weight is 574 g/mol. The van der Waals surface area contributed by atoms with Gasteiger partial charge < -0.3 is 18.6 Å². The first-order chi connectivity index (χ1) is 19.9. The van der Waals surface area contributed by atoms with Crippen LogP contribution >= 0.6 is 0 Å². The number of rotatable bonds is 11. The van der Waals surface area contributed by atoms with Crippen molar-refractivity contribution in [2.75, 3.05) is 27.6 Å². The van der Waals surface area contributed by atoms with Crippen molar-refractivity contribution in [3.05, 3.63) is 95.6 Å². The van der Waals surface area contributed by atoms with Crippen LogP contribution in [-0.4, -0.2) is 64.5 Å². The number of carbonyl (C=O) groups is 1. The molecule has 3 aromatic carbocycles. The molecule has 1 saturated heterocycles. The molecule has 0 spiro atoms. The molecule has 0 radical (unpaired) electrons. The highest BCUT2D eigenvalue weighted by atomic mass is 28.4. The van der Waals surface area contributed by atoms with Crippen LogP contribution in [0.5, 0.6) is 0 Å². The molecular weight excluding hydrogens is 530 g/mol. The monoisotopic (exact) mass is 573 g/mol. The van der Waals surface area contributed by atoms with Gasteiger partial charge in [-0.2, -0.15) is 0 Å². The summed E-state index contributed by atoms with van der Waals surface area (Å²) in [5.74, 6) is -0.344. The number of ether oxygens (including phenoxy) is 3. The second-order valence-electron chi connectivity index (χ2n) is 11.3. The zero-order valence-electron chi connectivity index (χ0n) is 25.2. The molecule has 218 valence electrons. The van der Waals surface area contributed by atoms with Crippen molar-refractivity contribution in [3.8, 4) is 11.1 Å².